The third-order valence-corrected chi connectivity index (χ3v) is 4.25. The number of rotatable bonds is 2. The zero-order chi connectivity index (χ0) is 16.7. The summed E-state index contributed by atoms with van der Waals surface area (Å²) >= 11 is 0. The third-order valence-electron chi connectivity index (χ3n) is 4.25. The lowest BCUT2D eigenvalue weighted by atomic mass is 10.1. The topological polar surface area (TPSA) is 53.4 Å². The molecule has 0 saturated heterocycles. The van der Waals surface area contributed by atoms with Gasteiger partial charge in [0, 0.05) is 0 Å². The van der Waals surface area contributed by atoms with E-state index in [0.717, 1.165) is 0 Å². The quantitative estimate of drug-likeness (QED) is 0.726. The molecule has 0 bridgehead atoms. The number of nitrogens with zero attached hydrogens (tertiary/aromatic N) is 2. The van der Waals surface area contributed by atoms with Gasteiger partial charge in [0.05, 0.1) is 23.3 Å². The number of ether oxygens (including phenoxy) is 2. The van der Waals surface area contributed by atoms with Crippen LogP contribution < -0.4 is 15.0 Å². The van der Waals surface area contributed by atoms with Crippen molar-refractivity contribution < 1.29 is 13.9 Å². The maximum Gasteiger partial charge on any atom is 0.261 e. The lowest BCUT2D eigenvalue weighted by molar-refractivity contribution is 0.0559. The molecule has 0 saturated carbocycles. The van der Waals surface area contributed by atoms with Crippen molar-refractivity contribution in [3.8, 4) is 11.5 Å². The lowest BCUT2D eigenvalue weighted by Gasteiger charge is -2.31. The molecule has 3 aromatic rings. The maximum atomic E-state index is 13.4. The smallest absolute Gasteiger partial charge is 0.261 e. The van der Waals surface area contributed by atoms with Gasteiger partial charge in [-0.2, -0.15) is 0 Å². The number of aromatic nitrogens is 2. The van der Waals surface area contributed by atoms with E-state index < -0.39 is 5.82 Å². The van der Waals surface area contributed by atoms with Gasteiger partial charge in [0.25, 0.3) is 5.56 Å². The van der Waals surface area contributed by atoms with Gasteiger partial charge in [0.15, 0.2) is 17.6 Å². The fraction of sp³-hybridized carbons (Fsp3) is 0.222. The van der Waals surface area contributed by atoms with E-state index in [1.165, 1.54) is 29.1 Å². The summed E-state index contributed by atoms with van der Waals surface area (Å²) in [7, 11) is 0. The van der Waals surface area contributed by atoms with Crippen LogP contribution in [0.5, 0.6) is 11.5 Å². The van der Waals surface area contributed by atoms with Crippen LogP contribution in [0.15, 0.2) is 53.6 Å². The molecule has 6 heteroatoms. The Kier molecular flexibility index (Phi) is 3.45. The molecule has 1 aromatic heterocycles. The molecular weight excluding hydrogens is 311 g/mol. The minimum absolute atomic E-state index is 0.251. The third kappa shape index (κ3) is 2.40. The molecule has 0 spiro atoms. The number of fused-ring (bicyclic) bond motifs is 2. The number of benzene rings is 2. The molecule has 0 amide bonds. The van der Waals surface area contributed by atoms with Crippen LogP contribution in [0.3, 0.4) is 0 Å². The van der Waals surface area contributed by atoms with Crippen LogP contribution in [0.1, 0.15) is 13.0 Å². The second kappa shape index (κ2) is 5.63. The van der Waals surface area contributed by atoms with Crippen molar-refractivity contribution in [3.05, 3.63) is 65.0 Å². The first-order valence-electron chi connectivity index (χ1n) is 7.68. The summed E-state index contributed by atoms with van der Waals surface area (Å²) in [6.45, 7) is 2.18. The first kappa shape index (κ1) is 14.7. The van der Waals surface area contributed by atoms with Crippen molar-refractivity contribution in [1.82, 2.24) is 9.55 Å². The zero-order valence-electron chi connectivity index (χ0n) is 13.0. The minimum Gasteiger partial charge on any atom is -0.486 e. The van der Waals surface area contributed by atoms with Gasteiger partial charge >= 0.3 is 0 Å². The van der Waals surface area contributed by atoms with Crippen molar-refractivity contribution in [2.75, 3.05) is 6.61 Å². The van der Waals surface area contributed by atoms with Crippen molar-refractivity contribution in [2.24, 2.45) is 0 Å². The molecule has 24 heavy (non-hydrogen) atoms. The predicted octanol–water partition coefficient (Wildman–Crippen LogP) is 2.94. The number of para-hydroxylation sites is 2. The first-order chi connectivity index (χ1) is 11.6. The van der Waals surface area contributed by atoms with Crippen LogP contribution in [0.25, 0.3) is 10.9 Å². The van der Waals surface area contributed by atoms with Gasteiger partial charge in [-0.15, -0.1) is 0 Å². The second-order valence-corrected chi connectivity index (χ2v) is 5.77. The van der Waals surface area contributed by atoms with Gasteiger partial charge in [-0.3, -0.25) is 9.36 Å². The van der Waals surface area contributed by atoms with Crippen LogP contribution in [0, 0.1) is 5.82 Å². The maximum absolute atomic E-state index is 13.4. The molecular formula is C18H15FN2O3. The molecule has 4 rings (SSSR count). The highest BCUT2D eigenvalue weighted by atomic mass is 19.1. The Morgan fingerprint density at radius 3 is 2.88 bits per heavy atom. The molecule has 2 aromatic carbocycles. The highest BCUT2D eigenvalue weighted by molar-refractivity contribution is 5.77. The Bertz CT molecular complexity index is 970. The molecule has 2 unspecified atom stereocenters. The molecule has 122 valence electrons. The molecule has 2 heterocycles. The highest BCUT2D eigenvalue weighted by Gasteiger charge is 2.28. The van der Waals surface area contributed by atoms with E-state index in [4.69, 9.17) is 9.47 Å². The minimum atomic E-state index is -0.460. The van der Waals surface area contributed by atoms with E-state index in [1.807, 2.05) is 31.2 Å². The van der Waals surface area contributed by atoms with Crippen LogP contribution >= 0.6 is 0 Å². The SMILES string of the molecule is CC(C1COc2ccccc2O1)n1cnc2ccc(F)cc2c1=O. The van der Waals surface area contributed by atoms with Crippen molar-refractivity contribution in [1.29, 1.82) is 0 Å². The van der Waals surface area contributed by atoms with E-state index >= 15 is 0 Å². The van der Waals surface area contributed by atoms with Crippen LogP contribution in [0.2, 0.25) is 0 Å². The van der Waals surface area contributed by atoms with Gasteiger partial charge in [-0.05, 0) is 37.3 Å². The molecule has 0 radical (unpaired) electrons. The van der Waals surface area contributed by atoms with Crippen LogP contribution in [-0.4, -0.2) is 22.3 Å². The van der Waals surface area contributed by atoms with E-state index in [0.29, 0.717) is 23.6 Å². The zero-order valence-corrected chi connectivity index (χ0v) is 13.0. The Hall–Kier alpha value is -2.89. The Morgan fingerprint density at radius 2 is 2.04 bits per heavy atom. The first-order valence-corrected chi connectivity index (χ1v) is 7.68. The average molecular weight is 326 g/mol. The Morgan fingerprint density at radius 1 is 1.25 bits per heavy atom. The molecule has 2 atom stereocenters. The molecule has 1 aliphatic heterocycles. The predicted molar refractivity (Wildman–Crippen MR) is 87.0 cm³/mol. The fourth-order valence-corrected chi connectivity index (χ4v) is 2.85. The van der Waals surface area contributed by atoms with E-state index in [2.05, 4.69) is 4.98 Å². The summed E-state index contributed by atoms with van der Waals surface area (Å²) in [5, 5.41) is 0.251. The molecule has 5 nitrogen and oxygen atoms in total. The summed E-state index contributed by atoms with van der Waals surface area (Å²) in [5.41, 5.74) is 0.172. The molecule has 0 fully saturated rings. The van der Waals surface area contributed by atoms with E-state index in [-0.39, 0.29) is 23.1 Å². The molecule has 1 aliphatic rings. The van der Waals surface area contributed by atoms with Crippen molar-refractivity contribution in [2.45, 2.75) is 19.1 Å². The van der Waals surface area contributed by atoms with Crippen molar-refractivity contribution in [3.63, 3.8) is 0 Å². The largest absolute Gasteiger partial charge is 0.486 e. The van der Waals surface area contributed by atoms with Gasteiger partial charge in [-0.1, -0.05) is 12.1 Å². The number of halogens is 1. The lowest BCUT2D eigenvalue weighted by Crippen LogP contribution is -2.39. The summed E-state index contributed by atoms with van der Waals surface area (Å²) < 4.78 is 26.6. The normalized spacial score (nSPS) is 17.7. The average Bonchev–Trinajstić information content (AvgIpc) is 2.61. The summed E-state index contributed by atoms with van der Waals surface area (Å²) in [5.74, 6) is 0.874. The standard InChI is InChI=1S/C18H15FN2O3/c1-11(17-9-23-15-4-2-3-5-16(15)24-17)21-10-20-14-7-6-12(19)8-13(14)18(21)22/h2-8,10-11,17H,9H2,1H3. The van der Waals surface area contributed by atoms with Crippen LogP contribution in [0.4, 0.5) is 4.39 Å². The molecule has 0 N–H and O–H groups in total. The number of hydrogen-bond donors (Lipinski definition) is 0. The summed E-state index contributed by atoms with van der Waals surface area (Å²) in [4.78, 5) is 16.9. The Balaban J connectivity index is 1.70. The number of hydrogen-bond acceptors (Lipinski definition) is 4. The summed E-state index contributed by atoms with van der Waals surface area (Å²) in [6.07, 6.45) is 1.13. The second-order valence-electron chi connectivity index (χ2n) is 5.77. The summed E-state index contributed by atoms with van der Waals surface area (Å²) in [6, 6.07) is 11.1. The van der Waals surface area contributed by atoms with Gasteiger partial charge in [0.2, 0.25) is 0 Å². The Labute approximate surface area is 137 Å². The molecule has 0 aliphatic carbocycles. The monoisotopic (exact) mass is 326 g/mol. The van der Waals surface area contributed by atoms with E-state index in [1.54, 1.807) is 0 Å². The van der Waals surface area contributed by atoms with Gasteiger partial charge in [-0.25, -0.2) is 9.37 Å². The fourth-order valence-electron chi connectivity index (χ4n) is 2.85. The van der Waals surface area contributed by atoms with E-state index in [9.17, 15) is 9.18 Å². The highest BCUT2D eigenvalue weighted by Crippen LogP contribution is 2.33. The van der Waals surface area contributed by atoms with Crippen LogP contribution in [-0.2, 0) is 0 Å². The van der Waals surface area contributed by atoms with Crippen molar-refractivity contribution >= 4 is 10.9 Å². The van der Waals surface area contributed by atoms with Gasteiger partial charge in [0.1, 0.15) is 12.4 Å². The van der Waals surface area contributed by atoms with Gasteiger partial charge < -0.3 is 9.47 Å².